The van der Waals surface area contributed by atoms with Gasteiger partial charge in [-0.25, -0.2) is 0 Å². The maximum absolute atomic E-state index is 12.1. The lowest BCUT2D eigenvalue weighted by Crippen LogP contribution is -2.13. The quantitative estimate of drug-likeness (QED) is 0.926. The van der Waals surface area contributed by atoms with Crippen LogP contribution in [0.1, 0.15) is 28.8 Å². The Morgan fingerprint density at radius 3 is 2.80 bits per heavy atom. The van der Waals surface area contributed by atoms with E-state index in [1.54, 1.807) is 30.3 Å². The average molecular weight is 270 g/mol. The van der Waals surface area contributed by atoms with Gasteiger partial charge in [-0.2, -0.15) is 5.26 Å². The number of anilines is 1. The summed E-state index contributed by atoms with van der Waals surface area (Å²) < 4.78 is 10.5. The van der Waals surface area contributed by atoms with Gasteiger partial charge in [-0.3, -0.25) is 4.79 Å². The van der Waals surface area contributed by atoms with Crippen molar-refractivity contribution in [3.63, 3.8) is 0 Å². The Morgan fingerprint density at radius 1 is 1.40 bits per heavy atom. The Bertz CT molecular complexity index is 668. The van der Waals surface area contributed by atoms with Crippen molar-refractivity contribution in [1.29, 1.82) is 5.26 Å². The summed E-state index contributed by atoms with van der Waals surface area (Å²) in [6, 6.07) is 10.4. The highest BCUT2D eigenvalue weighted by Gasteiger charge is 2.16. The standard InChI is InChI=1S/C15H14N2O3/c1-3-11-7-8-13(20-11)15(18)17-14-10(9-16)5-4-6-12(14)19-2/h4-8H,3H2,1-2H3,(H,17,18). The average Bonchev–Trinajstić information content (AvgIpc) is 2.96. The second-order valence-electron chi connectivity index (χ2n) is 4.07. The molecule has 1 aromatic carbocycles. The molecule has 0 unspecified atom stereocenters. The summed E-state index contributed by atoms with van der Waals surface area (Å²) in [5.74, 6) is 0.956. The lowest BCUT2D eigenvalue weighted by Gasteiger charge is -2.10. The predicted molar refractivity (Wildman–Crippen MR) is 73.7 cm³/mol. The number of methoxy groups -OCH3 is 1. The first-order chi connectivity index (χ1) is 9.69. The lowest BCUT2D eigenvalue weighted by atomic mass is 10.1. The Hall–Kier alpha value is -2.74. The summed E-state index contributed by atoms with van der Waals surface area (Å²) in [5.41, 5.74) is 0.678. The molecule has 0 aliphatic carbocycles. The van der Waals surface area contributed by atoms with Gasteiger partial charge in [-0.05, 0) is 24.3 Å². The van der Waals surface area contributed by atoms with E-state index in [-0.39, 0.29) is 5.76 Å². The molecule has 0 aliphatic heterocycles. The first kappa shape index (κ1) is 13.7. The van der Waals surface area contributed by atoms with Crippen LogP contribution in [0.2, 0.25) is 0 Å². The van der Waals surface area contributed by atoms with Crippen LogP contribution in [0.5, 0.6) is 5.75 Å². The first-order valence-corrected chi connectivity index (χ1v) is 6.16. The van der Waals surface area contributed by atoms with Crippen LogP contribution in [0.3, 0.4) is 0 Å². The second-order valence-corrected chi connectivity index (χ2v) is 4.07. The minimum absolute atomic E-state index is 0.205. The Balaban J connectivity index is 2.30. The van der Waals surface area contributed by atoms with Gasteiger partial charge < -0.3 is 14.5 Å². The molecule has 0 fully saturated rings. The van der Waals surface area contributed by atoms with Crippen LogP contribution in [0.25, 0.3) is 0 Å². The first-order valence-electron chi connectivity index (χ1n) is 6.16. The van der Waals surface area contributed by atoms with Crippen molar-refractivity contribution in [2.45, 2.75) is 13.3 Å². The van der Waals surface area contributed by atoms with Gasteiger partial charge in [0.05, 0.1) is 12.7 Å². The van der Waals surface area contributed by atoms with Crippen LogP contribution in [0, 0.1) is 11.3 Å². The summed E-state index contributed by atoms with van der Waals surface area (Å²) in [7, 11) is 1.48. The van der Waals surface area contributed by atoms with Crippen LogP contribution in [0.15, 0.2) is 34.7 Å². The third-order valence-electron chi connectivity index (χ3n) is 2.84. The van der Waals surface area contributed by atoms with Crippen molar-refractivity contribution in [2.24, 2.45) is 0 Å². The van der Waals surface area contributed by atoms with Gasteiger partial charge in [0.15, 0.2) is 5.76 Å². The van der Waals surface area contributed by atoms with Gasteiger partial charge in [-0.15, -0.1) is 0 Å². The zero-order chi connectivity index (χ0) is 14.5. The zero-order valence-electron chi connectivity index (χ0n) is 11.3. The van der Waals surface area contributed by atoms with Crippen LogP contribution in [-0.2, 0) is 6.42 Å². The molecule has 102 valence electrons. The third-order valence-corrected chi connectivity index (χ3v) is 2.84. The molecule has 1 aromatic heterocycles. The molecule has 1 heterocycles. The van der Waals surface area contributed by atoms with Crippen LogP contribution in [-0.4, -0.2) is 13.0 Å². The SMILES string of the molecule is CCc1ccc(C(=O)Nc2c(C#N)cccc2OC)o1. The molecule has 0 saturated carbocycles. The van der Waals surface area contributed by atoms with E-state index in [1.807, 2.05) is 13.0 Å². The predicted octanol–water partition coefficient (Wildman–Crippen LogP) is 2.97. The molecule has 1 N–H and O–H groups in total. The van der Waals surface area contributed by atoms with Crippen LogP contribution >= 0.6 is 0 Å². The van der Waals surface area contributed by atoms with Crippen LogP contribution < -0.4 is 10.1 Å². The molecule has 1 amide bonds. The molecule has 0 spiro atoms. The van der Waals surface area contributed by atoms with Crippen molar-refractivity contribution in [1.82, 2.24) is 0 Å². The number of carbonyl (C=O) groups is 1. The fourth-order valence-electron chi connectivity index (χ4n) is 1.79. The zero-order valence-corrected chi connectivity index (χ0v) is 11.3. The highest BCUT2D eigenvalue weighted by molar-refractivity contribution is 6.04. The van der Waals surface area contributed by atoms with Gasteiger partial charge in [0, 0.05) is 6.42 Å². The number of aryl methyl sites for hydroxylation is 1. The second kappa shape index (κ2) is 5.93. The van der Waals surface area contributed by atoms with Gasteiger partial charge in [0.1, 0.15) is 23.3 Å². The molecule has 2 rings (SSSR count). The maximum Gasteiger partial charge on any atom is 0.291 e. The summed E-state index contributed by atoms with van der Waals surface area (Å²) in [4.78, 5) is 12.1. The summed E-state index contributed by atoms with van der Waals surface area (Å²) in [5, 5.41) is 11.7. The molecule has 5 heteroatoms. The summed E-state index contributed by atoms with van der Waals surface area (Å²) in [6.07, 6.45) is 0.714. The van der Waals surface area contributed by atoms with E-state index in [2.05, 4.69) is 5.32 Å². The number of amides is 1. The van der Waals surface area contributed by atoms with Crippen molar-refractivity contribution >= 4 is 11.6 Å². The van der Waals surface area contributed by atoms with E-state index in [0.29, 0.717) is 23.4 Å². The molecule has 0 aliphatic rings. The topological polar surface area (TPSA) is 75.3 Å². The number of hydrogen-bond donors (Lipinski definition) is 1. The van der Waals surface area contributed by atoms with Crippen molar-refractivity contribution in [2.75, 3.05) is 12.4 Å². The van der Waals surface area contributed by atoms with E-state index >= 15 is 0 Å². The third kappa shape index (κ3) is 2.64. The molecule has 5 nitrogen and oxygen atoms in total. The van der Waals surface area contributed by atoms with E-state index < -0.39 is 5.91 Å². The fourth-order valence-corrected chi connectivity index (χ4v) is 1.79. The van der Waals surface area contributed by atoms with E-state index in [1.165, 1.54) is 7.11 Å². The van der Waals surface area contributed by atoms with E-state index in [4.69, 9.17) is 14.4 Å². The molecule has 2 aromatic rings. The Labute approximate surface area is 116 Å². The number of para-hydroxylation sites is 1. The number of carbonyl (C=O) groups excluding carboxylic acids is 1. The normalized spacial score (nSPS) is 9.85. The van der Waals surface area contributed by atoms with Crippen molar-refractivity contribution in [3.8, 4) is 11.8 Å². The van der Waals surface area contributed by atoms with Gasteiger partial charge in [0.25, 0.3) is 5.91 Å². The van der Waals surface area contributed by atoms with Crippen LogP contribution in [0.4, 0.5) is 5.69 Å². The lowest BCUT2D eigenvalue weighted by molar-refractivity contribution is 0.0994. The highest BCUT2D eigenvalue weighted by Crippen LogP contribution is 2.28. The number of nitrogens with one attached hydrogen (secondary N) is 1. The van der Waals surface area contributed by atoms with Gasteiger partial charge in [0.2, 0.25) is 0 Å². The number of ether oxygens (including phenoxy) is 1. The number of rotatable bonds is 4. The molecule has 0 saturated heterocycles. The minimum Gasteiger partial charge on any atom is -0.495 e. The molecule has 0 atom stereocenters. The number of benzene rings is 1. The number of furan rings is 1. The number of nitrogens with zero attached hydrogens (tertiary/aromatic N) is 1. The molecular weight excluding hydrogens is 256 g/mol. The van der Waals surface area contributed by atoms with E-state index in [0.717, 1.165) is 5.76 Å². The largest absolute Gasteiger partial charge is 0.495 e. The minimum atomic E-state index is -0.411. The maximum atomic E-state index is 12.1. The molecule has 20 heavy (non-hydrogen) atoms. The Morgan fingerprint density at radius 2 is 2.20 bits per heavy atom. The van der Waals surface area contributed by atoms with Crippen molar-refractivity contribution < 1.29 is 13.9 Å². The Kier molecular flexibility index (Phi) is 4.06. The molecular formula is C15H14N2O3. The fraction of sp³-hybridized carbons (Fsp3) is 0.200. The monoisotopic (exact) mass is 270 g/mol. The smallest absolute Gasteiger partial charge is 0.291 e. The summed E-state index contributed by atoms with van der Waals surface area (Å²) in [6.45, 7) is 1.94. The summed E-state index contributed by atoms with van der Waals surface area (Å²) >= 11 is 0. The van der Waals surface area contributed by atoms with Crippen molar-refractivity contribution in [3.05, 3.63) is 47.4 Å². The molecule has 0 radical (unpaired) electrons. The van der Waals surface area contributed by atoms with Gasteiger partial charge in [-0.1, -0.05) is 13.0 Å². The van der Waals surface area contributed by atoms with E-state index in [9.17, 15) is 4.79 Å². The molecule has 0 bridgehead atoms. The highest BCUT2D eigenvalue weighted by atomic mass is 16.5. The number of hydrogen-bond acceptors (Lipinski definition) is 4. The van der Waals surface area contributed by atoms with Gasteiger partial charge >= 0.3 is 0 Å². The number of nitriles is 1.